The number of alkyl halides is 3. The van der Waals surface area contributed by atoms with Gasteiger partial charge in [0.25, 0.3) is 5.91 Å². The summed E-state index contributed by atoms with van der Waals surface area (Å²) >= 11 is 0. The SMILES string of the molecule is Cc1c(C(=O)N2CCC(N(N)c3ccn(C(C)C)n3)=C(N)C2)cccc1C(F)(F)F. The number of benzene rings is 1. The van der Waals surface area contributed by atoms with Gasteiger partial charge in [-0.2, -0.15) is 18.3 Å². The van der Waals surface area contributed by atoms with Crippen molar-refractivity contribution in [2.24, 2.45) is 11.6 Å². The number of amides is 1. The quantitative estimate of drug-likeness (QED) is 0.583. The minimum Gasteiger partial charge on any atom is -0.399 e. The third-order valence-corrected chi connectivity index (χ3v) is 5.17. The first-order chi connectivity index (χ1) is 14.0. The van der Waals surface area contributed by atoms with Crippen molar-refractivity contribution in [3.8, 4) is 0 Å². The van der Waals surface area contributed by atoms with Gasteiger partial charge in [-0.3, -0.25) is 14.5 Å². The highest BCUT2D eigenvalue weighted by Crippen LogP contribution is 2.33. The maximum absolute atomic E-state index is 13.2. The molecule has 2 aromatic rings. The molecule has 0 bridgehead atoms. The second-order valence-corrected chi connectivity index (χ2v) is 7.54. The van der Waals surface area contributed by atoms with Crippen molar-refractivity contribution in [1.29, 1.82) is 0 Å². The predicted molar refractivity (Wildman–Crippen MR) is 107 cm³/mol. The Morgan fingerprint density at radius 2 is 1.97 bits per heavy atom. The van der Waals surface area contributed by atoms with Crippen LogP contribution in [0, 0.1) is 6.92 Å². The number of halogens is 3. The van der Waals surface area contributed by atoms with Crippen molar-refractivity contribution in [1.82, 2.24) is 14.7 Å². The van der Waals surface area contributed by atoms with Crippen LogP contribution in [0.15, 0.2) is 41.9 Å². The van der Waals surface area contributed by atoms with Crippen molar-refractivity contribution in [2.75, 3.05) is 18.1 Å². The van der Waals surface area contributed by atoms with Crippen LogP contribution in [-0.4, -0.2) is 33.7 Å². The largest absolute Gasteiger partial charge is 0.416 e. The molecule has 0 aliphatic carbocycles. The van der Waals surface area contributed by atoms with Crippen LogP contribution in [-0.2, 0) is 6.18 Å². The Morgan fingerprint density at radius 3 is 2.53 bits per heavy atom. The minimum absolute atomic E-state index is 0.0151. The summed E-state index contributed by atoms with van der Waals surface area (Å²) in [6, 6.07) is 5.55. The van der Waals surface area contributed by atoms with Crippen LogP contribution in [0.3, 0.4) is 0 Å². The van der Waals surface area contributed by atoms with Crippen molar-refractivity contribution in [2.45, 2.75) is 39.4 Å². The molecular formula is C20H25F3N6O. The summed E-state index contributed by atoms with van der Waals surface area (Å²) in [5.41, 5.74) is 6.29. The van der Waals surface area contributed by atoms with E-state index in [4.69, 9.17) is 11.6 Å². The highest BCUT2D eigenvalue weighted by Gasteiger charge is 2.34. The Hall–Kier alpha value is -3.01. The van der Waals surface area contributed by atoms with Crippen LogP contribution in [0.25, 0.3) is 0 Å². The van der Waals surface area contributed by atoms with Gasteiger partial charge in [0.15, 0.2) is 5.82 Å². The van der Waals surface area contributed by atoms with Gasteiger partial charge in [0.1, 0.15) is 0 Å². The molecule has 1 aromatic carbocycles. The Balaban J connectivity index is 1.80. The molecule has 4 N–H and O–H groups in total. The molecule has 1 aromatic heterocycles. The zero-order valence-electron chi connectivity index (χ0n) is 17.1. The van der Waals surface area contributed by atoms with Gasteiger partial charge in [-0.25, -0.2) is 5.84 Å². The molecule has 1 amide bonds. The molecule has 0 saturated carbocycles. The lowest BCUT2D eigenvalue weighted by atomic mass is 10.00. The third kappa shape index (κ3) is 4.13. The van der Waals surface area contributed by atoms with Gasteiger partial charge >= 0.3 is 6.18 Å². The number of aromatic nitrogens is 2. The maximum Gasteiger partial charge on any atom is 0.416 e. The van der Waals surface area contributed by atoms with E-state index in [2.05, 4.69) is 5.10 Å². The zero-order valence-corrected chi connectivity index (χ0v) is 17.1. The molecule has 0 fully saturated rings. The van der Waals surface area contributed by atoms with Crippen LogP contribution in [0.5, 0.6) is 0 Å². The molecule has 3 rings (SSSR count). The number of carbonyl (C=O) groups excluding carboxylic acids is 1. The third-order valence-electron chi connectivity index (χ3n) is 5.17. The summed E-state index contributed by atoms with van der Waals surface area (Å²) in [5.74, 6) is 6.22. The standard InChI is InChI=1S/C20H25F3N6O/c1-12(2)28-10-8-18(26-28)29(25)17-7-9-27(11-16(17)24)19(30)14-5-4-6-15(13(14)3)20(21,22)23/h4-6,8,10,12H,7,9,11,24-25H2,1-3H3. The summed E-state index contributed by atoms with van der Waals surface area (Å²) in [5, 5.41) is 5.80. The second kappa shape index (κ2) is 8.02. The number of hydrazine groups is 1. The molecule has 1 aliphatic rings. The first-order valence-electron chi connectivity index (χ1n) is 9.54. The number of nitrogens with zero attached hydrogens (tertiary/aromatic N) is 4. The first kappa shape index (κ1) is 21.7. The molecule has 0 spiro atoms. The lowest BCUT2D eigenvalue weighted by Gasteiger charge is -2.33. The smallest absolute Gasteiger partial charge is 0.399 e. The van der Waals surface area contributed by atoms with Gasteiger partial charge < -0.3 is 10.6 Å². The summed E-state index contributed by atoms with van der Waals surface area (Å²) in [6.45, 7) is 5.64. The van der Waals surface area contributed by atoms with E-state index >= 15 is 0 Å². The number of anilines is 1. The van der Waals surface area contributed by atoms with Gasteiger partial charge in [0, 0.05) is 42.5 Å². The molecule has 7 nitrogen and oxygen atoms in total. The van der Waals surface area contributed by atoms with Crippen LogP contribution in [0.1, 0.15) is 47.8 Å². The van der Waals surface area contributed by atoms with E-state index in [1.807, 2.05) is 20.0 Å². The molecule has 30 heavy (non-hydrogen) atoms. The fraction of sp³-hybridized carbons (Fsp3) is 0.400. The average Bonchev–Trinajstić information content (AvgIpc) is 3.16. The minimum atomic E-state index is -4.52. The van der Waals surface area contributed by atoms with Crippen molar-refractivity contribution in [3.63, 3.8) is 0 Å². The molecular weight excluding hydrogens is 397 g/mol. The van der Waals surface area contributed by atoms with E-state index < -0.39 is 17.6 Å². The Kier molecular flexibility index (Phi) is 5.80. The van der Waals surface area contributed by atoms with Crippen molar-refractivity contribution in [3.05, 3.63) is 58.5 Å². The van der Waals surface area contributed by atoms with E-state index in [9.17, 15) is 18.0 Å². The Morgan fingerprint density at radius 1 is 1.27 bits per heavy atom. The summed E-state index contributed by atoms with van der Waals surface area (Å²) in [4.78, 5) is 14.3. The van der Waals surface area contributed by atoms with E-state index in [1.165, 1.54) is 29.0 Å². The topological polar surface area (TPSA) is 93.4 Å². The van der Waals surface area contributed by atoms with E-state index in [1.54, 1.807) is 10.7 Å². The number of nitrogens with two attached hydrogens (primary N) is 2. The Bertz CT molecular complexity index is 979. The normalized spacial score (nSPS) is 15.1. The monoisotopic (exact) mass is 422 g/mol. The summed E-state index contributed by atoms with van der Waals surface area (Å²) in [7, 11) is 0. The van der Waals surface area contributed by atoms with Gasteiger partial charge in [-0.1, -0.05) is 6.07 Å². The van der Waals surface area contributed by atoms with Crippen LogP contribution in [0.4, 0.5) is 19.0 Å². The molecule has 0 radical (unpaired) electrons. The van der Waals surface area contributed by atoms with E-state index in [-0.39, 0.29) is 30.3 Å². The summed E-state index contributed by atoms with van der Waals surface area (Å²) < 4.78 is 41.3. The van der Waals surface area contributed by atoms with E-state index in [0.29, 0.717) is 23.6 Å². The van der Waals surface area contributed by atoms with Crippen molar-refractivity contribution >= 4 is 11.7 Å². The lowest BCUT2D eigenvalue weighted by Crippen LogP contribution is -2.44. The predicted octanol–water partition coefficient (Wildman–Crippen LogP) is 3.19. The zero-order chi connectivity index (χ0) is 22.2. The van der Waals surface area contributed by atoms with E-state index in [0.717, 1.165) is 6.07 Å². The average molecular weight is 422 g/mol. The van der Waals surface area contributed by atoms with Crippen molar-refractivity contribution < 1.29 is 18.0 Å². The van der Waals surface area contributed by atoms with Gasteiger partial charge in [-0.05, 0) is 38.5 Å². The molecule has 0 unspecified atom stereocenters. The molecule has 1 aliphatic heterocycles. The molecule has 10 heteroatoms. The highest BCUT2D eigenvalue weighted by molar-refractivity contribution is 5.96. The number of carbonyl (C=O) groups is 1. The van der Waals surface area contributed by atoms with Gasteiger partial charge in [0.2, 0.25) is 0 Å². The van der Waals surface area contributed by atoms with Crippen LogP contribution < -0.4 is 16.6 Å². The molecule has 162 valence electrons. The molecule has 0 atom stereocenters. The van der Waals surface area contributed by atoms with Crippen LogP contribution in [0.2, 0.25) is 0 Å². The Labute approximate surface area is 172 Å². The second-order valence-electron chi connectivity index (χ2n) is 7.54. The number of hydrogen-bond donors (Lipinski definition) is 2. The maximum atomic E-state index is 13.2. The highest BCUT2D eigenvalue weighted by atomic mass is 19.4. The molecule has 2 heterocycles. The van der Waals surface area contributed by atoms with Gasteiger partial charge in [-0.15, -0.1) is 0 Å². The number of rotatable bonds is 4. The van der Waals surface area contributed by atoms with Gasteiger partial charge in [0.05, 0.1) is 17.8 Å². The fourth-order valence-electron chi connectivity index (χ4n) is 3.45. The molecule has 0 saturated heterocycles. The lowest BCUT2D eigenvalue weighted by molar-refractivity contribution is -0.138. The van der Waals surface area contributed by atoms with Crippen LogP contribution >= 0.6 is 0 Å². The number of hydrogen-bond acceptors (Lipinski definition) is 5. The summed E-state index contributed by atoms with van der Waals surface area (Å²) in [6.07, 6.45) is -2.35. The first-order valence-corrected chi connectivity index (χ1v) is 9.54. The fourth-order valence-corrected chi connectivity index (χ4v) is 3.45.